The van der Waals surface area contributed by atoms with Crippen LogP contribution in [0.5, 0.6) is 0 Å². The molecule has 0 heterocycles. The van der Waals surface area contributed by atoms with Crippen molar-refractivity contribution in [1.82, 2.24) is 0 Å². The monoisotopic (exact) mass is 476 g/mol. The largest absolute Gasteiger partial charge is 2.00 e. The standard InChI is InChI=1S/C18H33P.C4H7.ClH.Pd/c1-4-10-16(11-5-1)19(17-12-6-2-7-13-17)18-14-8-3-9-15-18;1-4(2)3;;/h16-18H,1-15H2;1-2H2,3H3;1H;/q;-1;;+2/p-1. The average Bonchev–Trinajstić information content (AvgIpc) is 2.58. The quantitative estimate of drug-likeness (QED) is 0.309. The van der Waals surface area contributed by atoms with Gasteiger partial charge in [-0.1, -0.05) is 72.6 Å². The van der Waals surface area contributed by atoms with Crippen molar-refractivity contribution < 1.29 is 32.8 Å². The van der Waals surface area contributed by atoms with Gasteiger partial charge in [0.1, 0.15) is 0 Å². The van der Waals surface area contributed by atoms with Crippen LogP contribution in [-0.2, 0) is 20.4 Å². The van der Waals surface area contributed by atoms with Crippen LogP contribution in [0.4, 0.5) is 0 Å². The number of halogens is 1. The zero-order valence-corrected chi connectivity index (χ0v) is 19.6. The average molecular weight is 477 g/mol. The molecule has 3 aliphatic carbocycles. The van der Waals surface area contributed by atoms with Crippen LogP contribution in [0.25, 0.3) is 0 Å². The minimum absolute atomic E-state index is 0. The second-order valence-corrected chi connectivity index (χ2v) is 11.4. The van der Waals surface area contributed by atoms with Crippen LogP contribution in [0, 0.1) is 6.92 Å². The summed E-state index contributed by atoms with van der Waals surface area (Å²) in [5.41, 5.74) is 4.49. The molecule has 3 heteroatoms. The van der Waals surface area contributed by atoms with Gasteiger partial charge in [0.2, 0.25) is 0 Å². The zero-order chi connectivity index (χ0) is 16.5. The Morgan fingerprint density at radius 1 is 0.680 bits per heavy atom. The third-order valence-corrected chi connectivity index (χ3v) is 10.1. The summed E-state index contributed by atoms with van der Waals surface area (Å²) in [6, 6.07) is 0. The van der Waals surface area contributed by atoms with E-state index in [-0.39, 0.29) is 32.8 Å². The molecule has 0 aromatic rings. The molecule has 150 valence electrons. The van der Waals surface area contributed by atoms with Gasteiger partial charge in [-0.3, -0.25) is 0 Å². The number of hydrogen-bond acceptors (Lipinski definition) is 0. The first-order chi connectivity index (χ1) is 11.2. The maximum absolute atomic E-state index is 3.44. The minimum Gasteiger partial charge on any atom is -1.00 e. The minimum atomic E-state index is 0. The first-order valence-corrected chi connectivity index (χ1v) is 12.0. The van der Waals surface area contributed by atoms with E-state index in [1.807, 2.05) is 6.92 Å². The third-order valence-electron chi connectivity index (χ3n) is 5.99. The predicted octanol–water partition coefficient (Wildman–Crippen LogP) is 4.86. The number of hydrogen-bond donors (Lipinski definition) is 0. The Morgan fingerprint density at radius 3 is 1.08 bits per heavy atom. The molecule has 0 N–H and O–H groups in total. The van der Waals surface area contributed by atoms with E-state index >= 15 is 0 Å². The Bertz CT molecular complexity index is 282. The third kappa shape index (κ3) is 9.65. The van der Waals surface area contributed by atoms with E-state index in [2.05, 4.69) is 13.5 Å². The molecule has 0 nitrogen and oxygen atoms in total. The molecule has 0 spiro atoms. The van der Waals surface area contributed by atoms with Gasteiger partial charge >= 0.3 is 20.4 Å². The second-order valence-electron chi connectivity index (χ2n) is 8.28. The van der Waals surface area contributed by atoms with E-state index in [0.29, 0.717) is 7.92 Å². The van der Waals surface area contributed by atoms with Crippen molar-refractivity contribution in [3.63, 3.8) is 0 Å². The fourth-order valence-corrected chi connectivity index (χ4v) is 9.71. The normalized spacial score (nSPS) is 23.0. The summed E-state index contributed by atoms with van der Waals surface area (Å²) >= 11 is 0. The van der Waals surface area contributed by atoms with Crippen molar-refractivity contribution in [2.75, 3.05) is 0 Å². The summed E-state index contributed by atoms with van der Waals surface area (Å²) in [7, 11) is 0.385. The molecule has 0 atom stereocenters. The van der Waals surface area contributed by atoms with E-state index in [1.54, 1.807) is 77.0 Å². The zero-order valence-electron chi connectivity index (χ0n) is 16.4. The van der Waals surface area contributed by atoms with Crippen LogP contribution in [0.1, 0.15) is 103 Å². The first-order valence-electron chi connectivity index (χ1n) is 10.4. The van der Waals surface area contributed by atoms with Crippen molar-refractivity contribution in [2.45, 2.75) is 120 Å². The molecule has 3 aliphatic rings. The molecule has 0 unspecified atom stereocenters. The summed E-state index contributed by atoms with van der Waals surface area (Å²) in [5, 5.41) is 0. The van der Waals surface area contributed by atoms with Gasteiger partial charge in [0, 0.05) is 0 Å². The molecule has 3 fully saturated rings. The Balaban J connectivity index is 0.000000874. The Labute approximate surface area is 179 Å². The van der Waals surface area contributed by atoms with Crippen LogP contribution < -0.4 is 12.4 Å². The fraction of sp³-hybridized carbons (Fsp3) is 0.864. The van der Waals surface area contributed by atoms with Gasteiger partial charge in [0.15, 0.2) is 0 Å². The molecule has 0 radical (unpaired) electrons. The van der Waals surface area contributed by atoms with Crippen molar-refractivity contribution in [1.29, 1.82) is 0 Å². The smallest absolute Gasteiger partial charge is 1.00 e. The van der Waals surface area contributed by atoms with Crippen molar-refractivity contribution >= 4 is 7.92 Å². The van der Waals surface area contributed by atoms with E-state index in [4.69, 9.17) is 0 Å². The van der Waals surface area contributed by atoms with Crippen LogP contribution in [0.2, 0.25) is 0 Å². The Kier molecular flexibility index (Phi) is 15.6. The van der Waals surface area contributed by atoms with Gasteiger partial charge in [0.25, 0.3) is 0 Å². The summed E-state index contributed by atoms with van der Waals surface area (Å²) in [6.45, 7) is 8.75. The van der Waals surface area contributed by atoms with E-state index < -0.39 is 0 Å². The summed E-state index contributed by atoms with van der Waals surface area (Å²) in [6.07, 6.45) is 23.6. The van der Waals surface area contributed by atoms with Crippen LogP contribution in [-0.4, -0.2) is 17.0 Å². The van der Waals surface area contributed by atoms with E-state index in [1.165, 1.54) is 36.2 Å². The van der Waals surface area contributed by atoms with Crippen molar-refractivity contribution in [3.8, 4) is 0 Å². The molecule has 0 aliphatic heterocycles. The van der Waals surface area contributed by atoms with Crippen molar-refractivity contribution in [3.05, 3.63) is 19.1 Å². The summed E-state index contributed by atoms with van der Waals surface area (Å²) in [5.74, 6) is 0. The molecule has 3 rings (SSSR count). The number of allylic oxidation sites excluding steroid dienone is 1. The van der Waals surface area contributed by atoms with Gasteiger partial charge < -0.3 is 12.4 Å². The summed E-state index contributed by atoms with van der Waals surface area (Å²) in [4.78, 5) is 0. The Hall–Kier alpha value is 0.992. The van der Waals surface area contributed by atoms with Gasteiger partial charge in [0.05, 0.1) is 0 Å². The van der Waals surface area contributed by atoms with E-state index in [0.717, 1.165) is 5.57 Å². The second kappa shape index (κ2) is 15.0. The molecule has 0 saturated heterocycles. The van der Waals surface area contributed by atoms with Crippen LogP contribution in [0.15, 0.2) is 12.2 Å². The SMILES string of the molecule is C1CCC(P(C2CCCCC2)C2CCCCC2)CC1.C=C([CH2-])C.[Cl-].[Pd+2]. The fourth-order valence-electron chi connectivity index (χ4n) is 5.03. The first kappa shape index (κ1) is 26.0. The van der Waals surface area contributed by atoms with Gasteiger partial charge in [-0.2, -0.15) is 0 Å². The molecule has 25 heavy (non-hydrogen) atoms. The molecular formula is C22H40ClPPd. The molecule has 0 bridgehead atoms. The van der Waals surface area contributed by atoms with Crippen LogP contribution in [0.3, 0.4) is 0 Å². The topological polar surface area (TPSA) is 0 Å². The van der Waals surface area contributed by atoms with Crippen LogP contribution >= 0.6 is 7.92 Å². The van der Waals surface area contributed by atoms with Gasteiger partial charge in [-0.15, -0.1) is 0 Å². The molecule has 0 aromatic heterocycles. The maximum atomic E-state index is 3.44. The molecule has 0 aromatic carbocycles. The molecule has 3 saturated carbocycles. The van der Waals surface area contributed by atoms with E-state index in [9.17, 15) is 0 Å². The number of rotatable bonds is 3. The maximum Gasteiger partial charge on any atom is 2.00 e. The Morgan fingerprint density at radius 2 is 0.880 bits per heavy atom. The summed E-state index contributed by atoms with van der Waals surface area (Å²) < 4.78 is 0. The molecule has 0 amide bonds. The van der Waals surface area contributed by atoms with Gasteiger partial charge in [-0.05, 0) is 55.5 Å². The van der Waals surface area contributed by atoms with Crippen molar-refractivity contribution in [2.24, 2.45) is 0 Å². The van der Waals surface area contributed by atoms with Gasteiger partial charge in [-0.25, -0.2) is 19.1 Å². The molecular weight excluding hydrogens is 437 g/mol. The predicted molar refractivity (Wildman–Crippen MR) is 108 cm³/mol.